The van der Waals surface area contributed by atoms with Gasteiger partial charge in [-0.25, -0.2) is 12.8 Å². The normalized spacial score (nSPS) is 27.8. The van der Waals surface area contributed by atoms with E-state index in [0.29, 0.717) is 32.2 Å². The molecular weight excluding hydrogens is 359 g/mol. The van der Waals surface area contributed by atoms with Crippen molar-refractivity contribution in [3.8, 4) is 0 Å². The van der Waals surface area contributed by atoms with Crippen LogP contribution in [0.2, 0.25) is 0 Å². The van der Waals surface area contributed by atoms with Crippen molar-refractivity contribution in [1.29, 1.82) is 0 Å². The maximum absolute atomic E-state index is 13.4. The number of nitrogens with one attached hydrogen (secondary N) is 1. The molecule has 144 valence electrons. The topological polar surface area (TPSA) is 86.7 Å². The number of hydrogen-bond donors (Lipinski definition) is 2. The van der Waals surface area contributed by atoms with E-state index in [0.717, 1.165) is 18.9 Å². The van der Waals surface area contributed by atoms with E-state index in [1.807, 2.05) is 0 Å². The number of hydrogen-bond acceptors (Lipinski definition) is 4. The molecule has 0 spiro atoms. The molecule has 8 heteroatoms. The Bertz CT molecular complexity index is 747. The van der Waals surface area contributed by atoms with Crippen LogP contribution in [0.25, 0.3) is 0 Å². The smallest absolute Gasteiger partial charge is 0.243 e. The number of aliphatic hydroxyl groups is 1. The summed E-state index contributed by atoms with van der Waals surface area (Å²) in [4.78, 5) is 12.5. The molecule has 1 saturated heterocycles. The highest BCUT2D eigenvalue weighted by atomic mass is 32.2. The molecule has 0 aromatic heterocycles. The zero-order valence-electron chi connectivity index (χ0n) is 14.6. The molecule has 2 fully saturated rings. The highest BCUT2D eigenvalue weighted by molar-refractivity contribution is 7.89. The highest BCUT2D eigenvalue weighted by Crippen LogP contribution is 2.25. The van der Waals surface area contributed by atoms with Crippen LogP contribution in [0.5, 0.6) is 0 Å². The van der Waals surface area contributed by atoms with Crippen LogP contribution in [0.4, 0.5) is 4.39 Å². The number of rotatable bonds is 4. The van der Waals surface area contributed by atoms with Crippen LogP contribution in [-0.4, -0.2) is 49.0 Å². The summed E-state index contributed by atoms with van der Waals surface area (Å²) in [6.45, 7) is 0.443. The monoisotopic (exact) mass is 384 g/mol. The molecule has 2 aliphatic rings. The summed E-state index contributed by atoms with van der Waals surface area (Å²) in [6.07, 6.45) is 3.78. The lowest BCUT2D eigenvalue weighted by Crippen LogP contribution is -2.48. The zero-order valence-corrected chi connectivity index (χ0v) is 15.4. The number of aliphatic hydroxyl groups excluding tert-OH is 1. The van der Waals surface area contributed by atoms with Gasteiger partial charge in [0.15, 0.2) is 0 Å². The van der Waals surface area contributed by atoms with Crippen LogP contribution in [0, 0.1) is 11.7 Å². The molecule has 2 N–H and O–H groups in total. The Morgan fingerprint density at radius 2 is 1.92 bits per heavy atom. The number of piperidine rings is 1. The second kappa shape index (κ2) is 8.02. The van der Waals surface area contributed by atoms with Gasteiger partial charge in [-0.05, 0) is 56.7 Å². The first-order valence-corrected chi connectivity index (χ1v) is 10.5. The summed E-state index contributed by atoms with van der Waals surface area (Å²) in [5.74, 6) is -1.14. The Kier molecular flexibility index (Phi) is 5.94. The molecule has 0 radical (unpaired) electrons. The SMILES string of the molecule is O=C(NC1CCC(O)CC1)[C@H]1CCCN(S(=O)(=O)c2cccc(F)c2)C1. The van der Waals surface area contributed by atoms with E-state index in [1.165, 1.54) is 22.5 Å². The molecule has 0 bridgehead atoms. The Balaban J connectivity index is 1.64. The first-order chi connectivity index (χ1) is 12.4. The first kappa shape index (κ1) is 19.3. The van der Waals surface area contributed by atoms with Gasteiger partial charge in [-0.15, -0.1) is 0 Å². The van der Waals surface area contributed by atoms with E-state index in [9.17, 15) is 22.7 Å². The van der Waals surface area contributed by atoms with Crippen molar-refractivity contribution in [1.82, 2.24) is 9.62 Å². The Labute approximate surface area is 153 Å². The maximum Gasteiger partial charge on any atom is 0.243 e. The van der Waals surface area contributed by atoms with Crippen LogP contribution in [0.15, 0.2) is 29.2 Å². The fraction of sp³-hybridized carbons (Fsp3) is 0.611. The largest absolute Gasteiger partial charge is 0.393 e. The molecule has 1 aliphatic heterocycles. The van der Waals surface area contributed by atoms with E-state index >= 15 is 0 Å². The Hall–Kier alpha value is -1.51. The van der Waals surface area contributed by atoms with Crippen LogP contribution >= 0.6 is 0 Å². The number of benzene rings is 1. The minimum Gasteiger partial charge on any atom is -0.393 e. The van der Waals surface area contributed by atoms with Crippen molar-refractivity contribution in [2.24, 2.45) is 5.92 Å². The van der Waals surface area contributed by atoms with Crippen molar-refractivity contribution in [2.75, 3.05) is 13.1 Å². The molecule has 0 unspecified atom stereocenters. The van der Waals surface area contributed by atoms with Crippen molar-refractivity contribution < 1.29 is 22.7 Å². The number of nitrogens with zero attached hydrogens (tertiary/aromatic N) is 1. The Morgan fingerprint density at radius 1 is 1.19 bits per heavy atom. The maximum atomic E-state index is 13.4. The minimum atomic E-state index is -3.81. The van der Waals surface area contributed by atoms with Gasteiger partial charge in [0, 0.05) is 19.1 Å². The van der Waals surface area contributed by atoms with Gasteiger partial charge < -0.3 is 10.4 Å². The molecule has 1 aliphatic carbocycles. The minimum absolute atomic E-state index is 0.0427. The van der Waals surface area contributed by atoms with Crippen LogP contribution < -0.4 is 5.32 Å². The van der Waals surface area contributed by atoms with Crippen LogP contribution in [0.1, 0.15) is 38.5 Å². The van der Waals surface area contributed by atoms with Gasteiger partial charge in [0.2, 0.25) is 15.9 Å². The Morgan fingerprint density at radius 3 is 2.62 bits per heavy atom. The van der Waals surface area contributed by atoms with Gasteiger partial charge in [0.05, 0.1) is 16.9 Å². The van der Waals surface area contributed by atoms with Gasteiger partial charge in [0.1, 0.15) is 5.82 Å². The summed E-state index contributed by atoms with van der Waals surface area (Å²) >= 11 is 0. The molecule has 1 amide bonds. The summed E-state index contributed by atoms with van der Waals surface area (Å²) < 4.78 is 40.1. The molecule has 3 rings (SSSR count). The van der Waals surface area contributed by atoms with Crippen LogP contribution in [-0.2, 0) is 14.8 Å². The van der Waals surface area contributed by atoms with Gasteiger partial charge in [-0.2, -0.15) is 4.31 Å². The van der Waals surface area contributed by atoms with E-state index in [1.54, 1.807) is 0 Å². The van der Waals surface area contributed by atoms with Crippen LogP contribution in [0.3, 0.4) is 0 Å². The molecular formula is C18H25FN2O4S. The van der Waals surface area contributed by atoms with Gasteiger partial charge >= 0.3 is 0 Å². The van der Waals surface area contributed by atoms with Crippen molar-refractivity contribution in [3.05, 3.63) is 30.1 Å². The molecule has 26 heavy (non-hydrogen) atoms. The number of halogens is 1. The zero-order chi connectivity index (χ0) is 18.7. The lowest BCUT2D eigenvalue weighted by atomic mass is 9.92. The summed E-state index contributed by atoms with van der Waals surface area (Å²) in [5, 5.41) is 12.5. The predicted octanol–water partition coefficient (Wildman–Crippen LogP) is 1.65. The average Bonchev–Trinajstić information content (AvgIpc) is 2.63. The average molecular weight is 384 g/mol. The van der Waals surface area contributed by atoms with E-state index in [-0.39, 0.29) is 29.5 Å². The van der Waals surface area contributed by atoms with E-state index in [2.05, 4.69) is 5.32 Å². The van der Waals surface area contributed by atoms with E-state index in [4.69, 9.17) is 0 Å². The van der Waals surface area contributed by atoms with Gasteiger partial charge in [-0.1, -0.05) is 6.07 Å². The van der Waals surface area contributed by atoms with Crippen molar-refractivity contribution >= 4 is 15.9 Å². The molecule has 1 heterocycles. The number of carbonyl (C=O) groups is 1. The first-order valence-electron chi connectivity index (χ1n) is 9.10. The number of carbonyl (C=O) groups excluding carboxylic acids is 1. The van der Waals surface area contributed by atoms with Crippen molar-refractivity contribution in [2.45, 2.75) is 55.6 Å². The van der Waals surface area contributed by atoms with Gasteiger partial charge in [-0.3, -0.25) is 4.79 Å². The third kappa shape index (κ3) is 4.42. The molecule has 1 aromatic carbocycles. The lowest BCUT2D eigenvalue weighted by Gasteiger charge is -2.33. The van der Waals surface area contributed by atoms with Crippen molar-refractivity contribution in [3.63, 3.8) is 0 Å². The van der Waals surface area contributed by atoms with Gasteiger partial charge in [0.25, 0.3) is 0 Å². The summed E-state index contributed by atoms with van der Waals surface area (Å²) in [7, 11) is -3.81. The number of sulfonamides is 1. The summed E-state index contributed by atoms with van der Waals surface area (Å²) in [5.41, 5.74) is 0. The fourth-order valence-corrected chi connectivity index (χ4v) is 5.25. The highest BCUT2D eigenvalue weighted by Gasteiger charge is 2.34. The second-order valence-corrected chi connectivity index (χ2v) is 9.11. The lowest BCUT2D eigenvalue weighted by molar-refractivity contribution is -0.127. The predicted molar refractivity (Wildman–Crippen MR) is 94.3 cm³/mol. The summed E-state index contributed by atoms with van der Waals surface area (Å²) in [6, 6.07) is 4.99. The third-order valence-corrected chi connectivity index (χ3v) is 7.09. The molecule has 1 atom stereocenters. The van der Waals surface area contributed by atoms with E-state index < -0.39 is 21.8 Å². The quantitative estimate of drug-likeness (QED) is 0.826. The number of amides is 1. The third-order valence-electron chi connectivity index (χ3n) is 5.23. The fourth-order valence-electron chi connectivity index (χ4n) is 3.69. The standard InChI is InChI=1S/C18H25FN2O4S/c19-14-4-1-5-17(11-14)26(24,25)21-10-2-3-13(12-21)18(23)20-15-6-8-16(22)9-7-15/h1,4-5,11,13,15-16,22H,2-3,6-10,12H2,(H,20,23)/t13-,15?,16?/m0/s1. The molecule has 1 saturated carbocycles. The molecule has 1 aromatic rings. The second-order valence-electron chi connectivity index (χ2n) is 7.17. The molecule has 6 nitrogen and oxygen atoms in total.